The van der Waals surface area contributed by atoms with Crippen molar-refractivity contribution < 1.29 is 9.59 Å². The third-order valence-electron chi connectivity index (χ3n) is 5.39. The van der Waals surface area contributed by atoms with Gasteiger partial charge in [0.05, 0.1) is 0 Å². The van der Waals surface area contributed by atoms with Crippen LogP contribution < -0.4 is 10.2 Å². The summed E-state index contributed by atoms with van der Waals surface area (Å²) in [4.78, 5) is 27.9. The molecule has 1 atom stereocenters. The Bertz CT molecular complexity index is 859. The van der Waals surface area contributed by atoms with Crippen LogP contribution in [0.1, 0.15) is 30.9 Å². The van der Waals surface area contributed by atoms with Crippen molar-refractivity contribution in [2.75, 3.05) is 4.90 Å². The maximum absolute atomic E-state index is 13.2. The summed E-state index contributed by atoms with van der Waals surface area (Å²) in [5.74, 6) is -0.238. The summed E-state index contributed by atoms with van der Waals surface area (Å²) < 4.78 is 0. The molecule has 1 heterocycles. The van der Waals surface area contributed by atoms with E-state index in [0.29, 0.717) is 24.4 Å². The molecule has 26 heavy (non-hydrogen) atoms. The molecule has 0 radical (unpaired) electrons. The minimum Gasteiger partial charge on any atom is -0.351 e. The Morgan fingerprint density at radius 2 is 1.85 bits per heavy atom. The highest BCUT2D eigenvalue weighted by Crippen LogP contribution is 2.50. The molecule has 1 aliphatic heterocycles. The zero-order chi connectivity index (χ0) is 18.3. The topological polar surface area (TPSA) is 49.4 Å². The highest BCUT2D eigenvalue weighted by atomic mass is 35.5. The first-order valence-corrected chi connectivity index (χ1v) is 9.33. The van der Waals surface area contributed by atoms with E-state index in [1.165, 1.54) is 5.56 Å². The molecule has 0 saturated heterocycles. The van der Waals surface area contributed by atoms with Gasteiger partial charge < -0.3 is 10.2 Å². The maximum atomic E-state index is 13.2. The van der Waals surface area contributed by atoms with Crippen LogP contribution in [0.3, 0.4) is 0 Å². The molecule has 134 valence electrons. The van der Waals surface area contributed by atoms with Gasteiger partial charge in [0.15, 0.2) is 0 Å². The van der Waals surface area contributed by atoms with Gasteiger partial charge in [-0.2, -0.15) is 0 Å². The summed E-state index contributed by atoms with van der Waals surface area (Å²) in [6.45, 7) is 2.44. The average Bonchev–Trinajstić information content (AvgIpc) is 3.38. The summed E-state index contributed by atoms with van der Waals surface area (Å²) in [5, 5.41) is 3.60. The van der Waals surface area contributed by atoms with Crippen molar-refractivity contribution in [3.05, 3.63) is 64.7 Å². The number of anilines is 1. The predicted octanol–water partition coefficient (Wildman–Crippen LogP) is 3.71. The first-order chi connectivity index (χ1) is 12.5. The largest absolute Gasteiger partial charge is 0.351 e. The van der Waals surface area contributed by atoms with Crippen molar-refractivity contribution in [3.8, 4) is 0 Å². The van der Waals surface area contributed by atoms with Gasteiger partial charge in [0.25, 0.3) is 0 Å². The van der Waals surface area contributed by atoms with Gasteiger partial charge in [-0.1, -0.05) is 41.9 Å². The lowest BCUT2D eigenvalue weighted by Gasteiger charge is -2.27. The number of rotatable bonds is 4. The van der Waals surface area contributed by atoms with E-state index in [9.17, 15) is 9.59 Å². The van der Waals surface area contributed by atoms with Crippen LogP contribution in [0.2, 0.25) is 5.02 Å². The number of nitrogens with zero attached hydrogens (tertiary/aromatic N) is 1. The van der Waals surface area contributed by atoms with Crippen LogP contribution >= 0.6 is 11.6 Å². The number of nitrogens with one attached hydrogen (secondary N) is 1. The molecule has 1 unspecified atom stereocenters. The van der Waals surface area contributed by atoms with Crippen LogP contribution in [0.5, 0.6) is 0 Å². The number of hydrogen-bond acceptors (Lipinski definition) is 2. The molecule has 2 aliphatic rings. The van der Waals surface area contributed by atoms with E-state index in [4.69, 9.17) is 11.6 Å². The van der Waals surface area contributed by atoms with Crippen molar-refractivity contribution >= 4 is 29.1 Å². The first kappa shape index (κ1) is 17.1. The fourth-order valence-electron chi connectivity index (χ4n) is 3.72. The van der Waals surface area contributed by atoms with Gasteiger partial charge >= 0.3 is 0 Å². The Balaban J connectivity index is 1.49. The second-order valence-corrected chi connectivity index (χ2v) is 7.68. The highest BCUT2D eigenvalue weighted by Gasteiger charge is 2.59. The lowest BCUT2D eigenvalue weighted by molar-refractivity contribution is -0.136. The monoisotopic (exact) mass is 368 g/mol. The van der Waals surface area contributed by atoms with Crippen LogP contribution in [-0.4, -0.2) is 17.9 Å². The molecule has 0 aromatic heterocycles. The number of para-hydroxylation sites is 1. The van der Waals surface area contributed by atoms with E-state index in [1.807, 2.05) is 42.2 Å². The van der Waals surface area contributed by atoms with Crippen LogP contribution in [0, 0.1) is 5.41 Å². The molecule has 1 fully saturated rings. The Hall–Kier alpha value is -2.33. The quantitative estimate of drug-likeness (QED) is 0.836. The summed E-state index contributed by atoms with van der Waals surface area (Å²) in [7, 11) is 0. The molecule has 0 spiro atoms. The van der Waals surface area contributed by atoms with E-state index >= 15 is 0 Å². The Morgan fingerprint density at radius 1 is 1.15 bits per heavy atom. The van der Waals surface area contributed by atoms with Gasteiger partial charge in [-0.15, -0.1) is 0 Å². The lowest BCUT2D eigenvalue weighted by Crippen LogP contribution is -2.47. The number of carbonyl (C=O) groups excluding carboxylic acids is 2. The highest BCUT2D eigenvalue weighted by molar-refractivity contribution is 6.30. The second kappa shape index (κ2) is 6.44. The molecule has 1 N–H and O–H groups in total. The summed E-state index contributed by atoms with van der Waals surface area (Å²) in [6.07, 6.45) is 2.07. The number of amides is 2. The molecule has 4 nitrogen and oxygen atoms in total. The van der Waals surface area contributed by atoms with Gasteiger partial charge in [-0.25, -0.2) is 0 Å². The lowest BCUT2D eigenvalue weighted by atomic mass is 10.0. The number of carbonyl (C=O) groups is 2. The van der Waals surface area contributed by atoms with E-state index in [-0.39, 0.29) is 17.9 Å². The number of halogens is 1. The summed E-state index contributed by atoms with van der Waals surface area (Å²) in [5.41, 5.74) is 2.18. The average molecular weight is 369 g/mol. The molecule has 2 aromatic carbocycles. The number of fused-ring (bicyclic) bond motifs is 1. The van der Waals surface area contributed by atoms with Crippen molar-refractivity contribution in [1.29, 1.82) is 0 Å². The molecular weight excluding hydrogens is 348 g/mol. The fraction of sp³-hybridized carbons (Fsp3) is 0.333. The molecule has 1 aliphatic carbocycles. The molecule has 2 amide bonds. The van der Waals surface area contributed by atoms with Crippen LogP contribution in [0.25, 0.3) is 0 Å². The van der Waals surface area contributed by atoms with Gasteiger partial charge in [-0.05, 0) is 55.5 Å². The third kappa shape index (κ3) is 2.88. The SMILES string of the molecule is CC1Cc2ccccc2N1C(=O)C1(C(=O)NCc2ccc(Cl)cc2)CC1. The summed E-state index contributed by atoms with van der Waals surface area (Å²) in [6, 6.07) is 15.4. The van der Waals surface area contributed by atoms with Gasteiger partial charge in [0.1, 0.15) is 5.41 Å². The van der Waals surface area contributed by atoms with Crippen LogP contribution in [0.15, 0.2) is 48.5 Å². The van der Waals surface area contributed by atoms with Gasteiger partial charge in [-0.3, -0.25) is 9.59 Å². The smallest absolute Gasteiger partial charge is 0.242 e. The van der Waals surface area contributed by atoms with Crippen molar-refractivity contribution in [3.63, 3.8) is 0 Å². The van der Waals surface area contributed by atoms with Crippen molar-refractivity contribution in [2.45, 2.75) is 38.8 Å². The zero-order valence-corrected chi connectivity index (χ0v) is 15.4. The molecule has 1 saturated carbocycles. The zero-order valence-electron chi connectivity index (χ0n) is 14.7. The Labute approximate surface area is 158 Å². The first-order valence-electron chi connectivity index (χ1n) is 8.95. The standard InChI is InChI=1S/C21H21ClN2O2/c1-14-12-16-4-2-3-5-18(16)24(14)20(26)21(10-11-21)19(25)23-13-15-6-8-17(22)9-7-15/h2-9,14H,10-13H2,1H3,(H,23,25). The van der Waals surface area contributed by atoms with E-state index in [0.717, 1.165) is 17.7 Å². The number of hydrogen-bond donors (Lipinski definition) is 1. The molecule has 2 aromatic rings. The van der Waals surface area contributed by atoms with Crippen LogP contribution in [-0.2, 0) is 22.6 Å². The van der Waals surface area contributed by atoms with Gasteiger partial charge in [0, 0.05) is 23.3 Å². The normalized spacial score (nSPS) is 19.8. The fourth-order valence-corrected chi connectivity index (χ4v) is 3.85. The molecule has 4 rings (SSSR count). The Morgan fingerprint density at radius 3 is 2.54 bits per heavy atom. The Kier molecular flexibility index (Phi) is 4.23. The minimum absolute atomic E-state index is 0.0662. The van der Waals surface area contributed by atoms with Gasteiger partial charge in [0.2, 0.25) is 11.8 Å². The third-order valence-corrected chi connectivity index (χ3v) is 5.64. The molecular formula is C21H21ClN2O2. The van der Waals surface area contributed by atoms with Crippen molar-refractivity contribution in [1.82, 2.24) is 5.32 Å². The predicted molar refractivity (Wildman–Crippen MR) is 102 cm³/mol. The van der Waals surface area contributed by atoms with Crippen LogP contribution in [0.4, 0.5) is 5.69 Å². The van der Waals surface area contributed by atoms with E-state index < -0.39 is 5.41 Å². The van der Waals surface area contributed by atoms with E-state index in [2.05, 4.69) is 11.4 Å². The number of benzene rings is 2. The summed E-state index contributed by atoms with van der Waals surface area (Å²) >= 11 is 5.89. The second-order valence-electron chi connectivity index (χ2n) is 7.25. The molecule has 0 bridgehead atoms. The minimum atomic E-state index is -0.905. The van der Waals surface area contributed by atoms with E-state index in [1.54, 1.807) is 12.1 Å². The molecule has 5 heteroatoms. The van der Waals surface area contributed by atoms with Crippen molar-refractivity contribution in [2.24, 2.45) is 5.41 Å². The maximum Gasteiger partial charge on any atom is 0.242 e.